The molecule has 1 atom stereocenters. The monoisotopic (exact) mass is 327 g/mol. The average Bonchev–Trinajstić information content (AvgIpc) is 3.25. The Labute approximate surface area is 137 Å². The van der Waals surface area contributed by atoms with Gasteiger partial charge in [0, 0.05) is 12.5 Å². The normalized spacial score (nSPS) is 17.4. The smallest absolute Gasteiger partial charge is 0.263 e. The molecular weight excluding hydrogens is 310 g/mol. The first-order valence-electron chi connectivity index (χ1n) is 7.80. The van der Waals surface area contributed by atoms with E-state index < -0.39 is 0 Å². The summed E-state index contributed by atoms with van der Waals surface area (Å²) in [5, 5.41) is 4.68. The van der Waals surface area contributed by atoms with Crippen LogP contribution in [0.1, 0.15) is 6.42 Å². The quantitative estimate of drug-likeness (QED) is 0.690. The standard InChI is InChI=1S/C16H17N5O3/c22-15-13-8-17-21(12-4-2-1-3-5-12)14(13)18-16(19-15)20-24-10-11-6-7-23-9-11/h1-5,8,11H,6-7,9-10H2,(H2,18,19,20,22). The van der Waals surface area contributed by atoms with Crippen LogP contribution >= 0.6 is 0 Å². The first-order chi connectivity index (χ1) is 11.8. The highest BCUT2D eigenvalue weighted by Crippen LogP contribution is 2.15. The summed E-state index contributed by atoms with van der Waals surface area (Å²) in [5.41, 5.74) is 3.75. The molecule has 8 heteroatoms. The Morgan fingerprint density at radius 3 is 3.04 bits per heavy atom. The van der Waals surface area contributed by atoms with Crippen molar-refractivity contribution in [2.75, 3.05) is 25.3 Å². The lowest BCUT2D eigenvalue weighted by molar-refractivity contribution is 0.125. The Morgan fingerprint density at radius 2 is 2.25 bits per heavy atom. The molecule has 4 rings (SSSR count). The summed E-state index contributed by atoms with van der Waals surface area (Å²) in [7, 11) is 0. The Kier molecular flexibility index (Phi) is 3.97. The maximum atomic E-state index is 12.2. The fourth-order valence-electron chi connectivity index (χ4n) is 2.67. The van der Waals surface area contributed by atoms with Gasteiger partial charge in [0.2, 0.25) is 5.95 Å². The second-order valence-corrected chi connectivity index (χ2v) is 5.69. The molecule has 3 aromatic rings. The SMILES string of the molecule is O=c1[nH]c(NOCC2CCOC2)nc2c1cnn2-c1ccccc1. The highest BCUT2D eigenvalue weighted by Gasteiger charge is 2.16. The molecule has 2 N–H and O–H groups in total. The molecule has 0 aliphatic carbocycles. The van der Waals surface area contributed by atoms with E-state index in [2.05, 4.69) is 20.5 Å². The van der Waals surface area contributed by atoms with E-state index in [1.54, 1.807) is 4.68 Å². The van der Waals surface area contributed by atoms with E-state index in [9.17, 15) is 4.79 Å². The summed E-state index contributed by atoms with van der Waals surface area (Å²) in [6.45, 7) is 1.97. The number of hydrogen-bond acceptors (Lipinski definition) is 6. The summed E-state index contributed by atoms with van der Waals surface area (Å²) >= 11 is 0. The lowest BCUT2D eigenvalue weighted by atomic mass is 10.1. The Hall–Kier alpha value is -2.71. The zero-order valence-electron chi connectivity index (χ0n) is 12.9. The van der Waals surface area contributed by atoms with Crippen LogP contribution < -0.4 is 11.0 Å². The second-order valence-electron chi connectivity index (χ2n) is 5.69. The molecule has 1 fully saturated rings. The van der Waals surface area contributed by atoms with Crippen molar-refractivity contribution in [1.82, 2.24) is 19.7 Å². The van der Waals surface area contributed by atoms with Crippen molar-refractivity contribution >= 4 is 17.0 Å². The number of benzene rings is 1. The minimum atomic E-state index is -0.266. The first kappa shape index (κ1) is 14.9. The molecule has 1 unspecified atom stereocenters. The lowest BCUT2D eigenvalue weighted by Gasteiger charge is -2.09. The number of aromatic amines is 1. The molecule has 8 nitrogen and oxygen atoms in total. The molecule has 0 amide bonds. The minimum absolute atomic E-state index is 0.254. The fourth-order valence-corrected chi connectivity index (χ4v) is 2.67. The number of aromatic nitrogens is 4. The van der Waals surface area contributed by atoms with Crippen LogP contribution in [0, 0.1) is 5.92 Å². The zero-order chi connectivity index (χ0) is 16.4. The van der Waals surface area contributed by atoms with Gasteiger partial charge in [-0.2, -0.15) is 10.1 Å². The van der Waals surface area contributed by atoms with Crippen LogP contribution in [-0.2, 0) is 9.57 Å². The van der Waals surface area contributed by atoms with Crippen LogP contribution in [0.25, 0.3) is 16.7 Å². The van der Waals surface area contributed by atoms with Gasteiger partial charge in [0.15, 0.2) is 5.65 Å². The Morgan fingerprint density at radius 1 is 1.38 bits per heavy atom. The number of nitrogens with zero attached hydrogens (tertiary/aromatic N) is 3. The van der Waals surface area contributed by atoms with Crippen LogP contribution in [0.4, 0.5) is 5.95 Å². The largest absolute Gasteiger partial charge is 0.381 e. The molecule has 24 heavy (non-hydrogen) atoms. The van der Waals surface area contributed by atoms with Crippen LogP contribution in [0.5, 0.6) is 0 Å². The molecule has 0 saturated carbocycles. The van der Waals surface area contributed by atoms with Gasteiger partial charge in [0.05, 0.1) is 25.1 Å². The summed E-state index contributed by atoms with van der Waals surface area (Å²) in [6, 6.07) is 9.53. The number of rotatable bonds is 5. The Balaban J connectivity index is 1.59. The van der Waals surface area contributed by atoms with Crippen molar-refractivity contribution in [3.8, 4) is 5.69 Å². The van der Waals surface area contributed by atoms with Crippen molar-refractivity contribution in [3.63, 3.8) is 0 Å². The molecule has 1 aliphatic heterocycles. The van der Waals surface area contributed by atoms with Crippen molar-refractivity contribution in [2.45, 2.75) is 6.42 Å². The van der Waals surface area contributed by atoms with Gasteiger partial charge in [0.25, 0.3) is 5.56 Å². The maximum Gasteiger partial charge on any atom is 0.263 e. The van der Waals surface area contributed by atoms with Gasteiger partial charge < -0.3 is 4.74 Å². The number of ether oxygens (including phenoxy) is 1. The van der Waals surface area contributed by atoms with Gasteiger partial charge in [0.1, 0.15) is 5.39 Å². The van der Waals surface area contributed by atoms with Gasteiger partial charge in [-0.15, -0.1) is 0 Å². The van der Waals surface area contributed by atoms with E-state index in [1.165, 1.54) is 6.20 Å². The van der Waals surface area contributed by atoms with Gasteiger partial charge >= 0.3 is 0 Å². The average molecular weight is 327 g/mol. The molecule has 3 heterocycles. The number of nitrogens with one attached hydrogen (secondary N) is 2. The third kappa shape index (κ3) is 2.89. The van der Waals surface area contributed by atoms with Crippen LogP contribution in [-0.4, -0.2) is 39.6 Å². The molecule has 1 aromatic carbocycles. The Bertz CT molecular complexity index is 884. The molecule has 0 bridgehead atoms. The van der Waals surface area contributed by atoms with Gasteiger partial charge in [-0.1, -0.05) is 18.2 Å². The van der Waals surface area contributed by atoms with E-state index in [0.29, 0.717) is 30.2 Å². The molecule has 2 aromatic heterocycles. The molecule has 0 radical (unpaired) electrons. The van der Waals surface area contributed by atoms with Gasteiger partial charge in [-0.05, 0) is 18.6 Å². The highest BCUT2D eigenvalue weighted by molar-refractivity contribution is 5.76. The number of H-pyrrole nitrogens is 1. The van der Waals surface area contributed by atoms with E-state index in [0.717, 1.165) is 18.7 Å². The molecule has 1 aliphatic rings. The maximum absolute atomic E-state index is 12.2. The lowest BCUT2D eigenvalue weighted by Crippen LogP contribution is -2.17. The van der Waals surface area contributed by atoms with E-state index in [-0.39, 0.29) is 11.5 Å². The third-order valence-corrected chi connectivity index (χ3v) is 3.95. The van der Waals surface area contributed by atoms with Crippen molar-refractivity contribution in [1.29, 1.82) is 0 Å². The molecule has 124 valence electrons. The summed E-state index contributed by atoms with van der Waals surface area (Å²) in [4.78, 5) is 24.7. The van der Waals surface area contributed by atoms with Crippen molar-refractivity contribution < 1.29 is 9.57 Å². The van der Waals surface area contributed by atoms with E-state index >= 15 is 0 Å². The van der Waals surface area contributed by atoms with E-state index in [1.807, 2.05) is 30.3 Å². The van der Waals surface area contributed by atoms with Crippen molar-refractivity contribution in [3.05, 3.63) is 46.9 Å². The topological polar surface area (TPSA) is 94.1 Å². The summed E-state index contributed by atoms with van der Waals surface area (Å²) < 4.78 is 6.92. The molecule has 0 spiro atoms. The van der Waals surface area contributed by atoms with Crippen LogP contribution in [0.15, 0.2) is 41.3 Å². The summed E-state index contributed by atoms with van der Waals surface area (Å²) in [6.07, 6.45) is 2.49. The van der Waals surface area contributed by atoms with E-state index in [4.69, 9.17) is 9.57 Å². The van der Waals surface area contributed by atoms with Gasteiger partial charge in [-0.25, -0.2) is 10.2 Å². The van der Waals surface area contributed by atoms with Gasteiger partial charge in [-0.3, -0.25) is 14.6 Å². The predicted octanol–water partition coefficient (Wildman–Crippen LogP) is 1.49. The second kappa shape index (κ2) is 6.42. The number of para-hydroxylation sites is 1. The fraction of sp³-hybridized carbons (Fsp3) is 0.312. The molecule has 1 saturated heterocycles. The first-order valence-corrected chi connectivity index (χ1v) is 7.80. The van der Waals surface area contributed by atoms with Crippen molar-refractivity contribution in [2.24, 2.45) is 5.92 Å². The number of fused-ring (bicyclic) bond motifs is 1. The highest BCUT2D eigenvalue weighted by atomic mass is 16.6. The minimum Gasteiger partial charge on any atom is -0.381 e. The summed E-state index contributed by atoms with van der Waals surface area (Å²) in [5.74, 6) is 0.617. The van der Waals surface area contributed by atoms with Crippen LogP contribution in [0.3, 0.4) is 0 Å². The number of hydrogen-bond donors (Lipinski definition) is 2. The predicted molar refractivity (Wildman–Crippen MR) is 88.0 cm³/mol. The zero-order valence-corrected chi connectivity index (χ0v) is 12.9. The number of anilines is 1. The van der Waals surface area contributed by atoms with Crippen LogP contribution in [0.2, 0.25) is 0 Å². The third-order valence-electron chi connectivity index (χ3n) is 3.95. The molecular formula is C16H17N5O3.